The van der Waals surface area contributed by atoms with Crippen LogP contribution in [-0.2, 0) is 16.3 Å². The van der Waals surface area contributed by atoms with Crippen molar-refractivity contribution >= 4 is 31.6 Å². The number of hydrogen-bond acceptors (Lipinski definition) is 5. The van der Waals surface area contributed by atoms with Gasteiger partial charge in [-0.3, -0.25) is 0 Å². The van der Waals surface area contributed by atoms with Crippen LogP contribution in [0.15, 0.2) is 53.9 Å². The summed E-state index contributed by atoms with van der Waals surface area (Å²) in [5.74, 6) is 0. The number of aromatic nitrogens is 4. The van der Waals surface area contributed by atoms with E-state index >= 15 is 0 Å². The fraction of sp³-hybridized carbons (Fsp3) is 0.167. The molecular formula is C18H14N4O2S. The predicted octanol–water partition coefficient (Wildman–Crippen LogP) is 2.53. The molecule has 1 aliphatic rings. The van der Waals surface area contributed by atoms with Crippen molar-refractivity contribution in [2.75, 3.05) is 6.26 Å². The molecule has 0 aliphatic heterocycles. The van der Waals surface area contributed by atoms with Gasteiger partial charge in [-0.25, -0.2) is 18.1 Å². The van der Waals surface area contributed by atoms with Crippen molar-refractivity contribution in [3.8, 4) is 0 Å². The molecule has 0 N–H and O–H groups in total. The van der Waals surface area contributed by atoms with Crippen LogP contribution < -0.4 is 0 Å². The summed E-state index contributed by atoms with van der Waals surface area (Å²) in [6.45, 7) is 0. The number of hydrogen-bond donors (Lipinski definition) is 0. The maximum absolute atomic E-state index is 11.8. The smallest absolute Gasteiger partial charge is 0.239 e. The molecule has 0 radical (unpaired) electrons. The summed E-state index contributed by atoms with van der Waals surface area (Å²) < 4.78 is 25.4. The van der Waals surface area contributed by atoms with Crippen LogP contribution in [-0.4, -0.2) is 34.4 Å². The van der Waals surface area contributed by atoms with Crippen LogP contribution in [0.4, 0.5) is 0 Å². The van der Waals surface area contributed by atoms with Crippen molar-refractivity contribution in [1.29, 1.82) is 0 Å². The zero-order valence-corrected chi connectivity index (χ0v) is 14.2. The lowest BCUT2D eigenvalue weighted by atomic mass is 10.0. The molecule has 2 aromatic heterocycles. The highest BCUT2D eigenvalue weighted by Crippen LogP contribution is 2.39. The first-order chi connectivity index (χ1) is 12.0. The lowest BCUT2D eigenvalue weighted by molar-refractivity contribution is 0.547. The quantitative estimate of drug-likeness (QED) is 0.519. The van der Waals surface area contributed by atoms with Crippen molar-refractivity contribution in [2.24, 2.45) is 0 Å². The maximum atomic E-state index is 11.8. The average Bonchev–Trinajstić information content (AvgIpc) is 3.17. The van der Waals surface area contributed by atoms with Crippen molar-refractivity contribution in [1.82, 2.24) is 19.7 Å². The van der Waals surface area contributed by atoms with Crippen molar-refractivity contribution in [3.05, 3.63) is 59.9 Å². The molecule has 7 heteroatoms. The Morgan fingerprint density at radius 3 is 2.68 bits per heavy atom. The number of sulfone groups is 1. The molecule has 0 bridgehead atoms. The van der Waals surface area contributed by atoms with Gasteiger partial charge >= 0.3 is 0 Å². The van der Waals surface area contributed by atoms with Crippen molar-refractivity contribution < 1.29 is 8.42 Å². The molecule has 124 valence electrons. The number of nitrogens with zero attached hydrogens (tertiary/aromatic N) is 4. The van der Waals surface area contributed by atoms with Crippen LogP contribution in [0, 0.1) is 0 Å². The molecule has 2 heterocycles. The minimum absolute atomic E-state index is 0.000843. The van der Waals surface area contributed by atoms with Gasteiger partial charge < -0.3 is 0 Å². The van der Waals surface area contributed by atoms with Gasteiger partial charge in [0.1, 0.15) is 0 Å². The fourth-order valence-electron chi connectivity index (χ4n) is 3.66. The lowest BCUT2D eigenvalue weighted by Crippen LogP contribution is -2.13. The Morgan fingerprint density at radius 2 is 1.88 bits per heavy atom. The standard InChI is InChI=1S/C18H14N4O2S/c1-25(23,24)18-19-9-13-10-20-22(17(13)21-18)15-8-12-6-2-4-11-5-3-7-14(15)16(11)12/h2-7,9-10,15H,8H2,1H3/t15-/m0/s1. The van der Waals surface area contributed by atoms with Gasteiger partial charge in [0.15, 0.2) is 5.65 Å². The second-order valence-corrected chi connectivity index (χ2v) is 8.28. The van der Waals surface area contributed by atoms with E-state index in [-0.39, 0.29) is 11.2 Å². The van der Waals surface area contributed by atoms with Crippen molar-refractivity contribution in [2.45, 2.75) is 17.6 Å². The van der Waals surface area contributed by atoms with Gasteiger partial charge in [0, 0.05) is 12.5 Å². The highest BCUT2D eigenvalue weighted by Gasteiger charge is 2.28. The van der Waals surface area contributed by atoms with E-state index in [4.69, 9.17) is 0 Å². The first kappa shape index (κ1) is 14.5. The Balaban J connectivity index is 1.74. The summed E-state index contributed by atoms with van der Waals surface area (Å²) in [7, 11) is -3.47. The summed E-state index contributed by atoms with van der Waals surface area (Å²) in [6, 6.07) is 12.6. The minimum Gasteiger partial charge on any atom is -0.239 e. The Morgan fingerprint density at radius 1 is 1.08 bits per heavy atom. The van der Waals surface area contributed by atoms with Crippen LogP contribution in [0.2, 0.25) is 0 Å². The lowest BCUT2D eigenvalue weighted by Gasteiger charge is -2.13. The highest BCUT2D eigenvalue weighted by atomic mass is 32.2. The van der Waals surface area contributed by atoms with E-state index in [1.807, 2.05) is 10.7 Å². The second kappa shape index (κ2) is 4.86. The SMILES string of the molecule is CS(=O)(=O)c1ncc2cnn([C@H]3Cc4cccc5cccc3c45)c2n1. The Bertz CT molecular complexity index is 1260. The topological polar surface area (TPSA) is 77.7 Å². The summed E-state index contributed by atoms with van der Waals surface area (Å²) in [6.07, 6.45) is 5.13. The third-order valence-electron chi connectivity index (χ3n) is 4.73. The van der Waals surface area contributed by atoms with Gasteiger partial charge in [0.25, 0.3) is 0 Å². The first-order valence-corrected chi connectivity index (χ1v) is 9.82. The van der Waals surface area contributed by atoms with Gasteiger partial charge in [-0.1, -0.05) is 36.4 Å². The van der Waals surface area contributed by atoms with Gasteiger partial charge in [-0.05, 0) is 28.3 Å². The van der Waals surface area contributed by atoms with Crippen LogP contribution in [0.3, 0.4) is 0 Å². The largest absolute Gasteiger partial charge is 0.248 e. The molecule has 2 aromatic carbocycles. The molecule has 1 aliphatic carbocycles. The van der Waals surface area contributed by atoms with Crippen LogP contribution in [0.25, 0.3) is 21.8 Å². The van der Waals surface area contributed by atoms with Crippen LogP contribution >= 0.6 is 0 Å². The molecule has 4 aromatic rings. The summed E-state index contributed by atoms with van der Waals surface area (Å²) in [4.78, 5) is 8.22. The van der Waals surface area contributed by atoms with E-state index in [1.54, 1.807) is 6.20 Å². The Labute approximate surface area is 144 Å². The van der Waals surface area contributed by atoms with E-state index < -0.39 is 9.84 Å². The average molecular weight is 350 g/mol. The molecule has 1 atom stereocenters. The molecule has 25 heavy (non-hydrogen) atoms. The molecule has 0 saturated heterocycles. The summed E-state index contributed by atoms with van der Waals surface area (Å²) in [5, 5.41) is 7.52. The zero-order chi connectivity index (χ0) is 17.2. The monoisotopic (exact) mass is 350 g/mol. The third-order valence-corrected chi connectivity index (χ3v) is 5.59. The normalized spacial score (nSPS) is 16.8. The number of rotatable bonds is 2. The molecule has 5 rings (SSSR count). The highest BCUT2D eigenvalue weighted by molar-refractivity contribution is 7.90. The number of benzene rings is 2. The van der Waals surface area contributed by atoms with E-state index in [9.17, 15) is 8.42 Å². The van der Waals surface area contributed by atoms with Crippen LogP contribution in [0.1, 0.15) is 17.2 Å². The third kappa shape index (κ3) is 2.09. The van der Waals surface area contributed by atoms with E-state index in [1.165, 1.54) is 28.1 Å². The first-order valence-electron chi connectivity index (χ1n) is 7.93. The van der Waals surface area contributed by atoms with Crippen molar-refractivity contribution in [3.63, 3.8) is 0 Å². The fourth-order valence-corrected chi connectivity index (χ4v) is 4.16. The molecule has 0 spiro atoms. The van der Waals surface area contributed by atoms with Gasteiger partial charge in [-0.15, -0.1) is 0 Å². The van der Waals surface area contributed by atoms with Gasteiger partial charge in [-0.2, -0.15) is 10.1 Å². The Hall–Kier alpha value is -2.80. The van der Waals surface area contributed by atoms with Gasteiger partial charge in [0.05, 0.1) is 17.6 Å². The zero-order valence-electron chi connectivity index (χ0n) is 13.4. The molecule has 6 nitrogen and oxygen atoms in total. The second-order valence-electron chi connectivity index (χ2n) is 6.38. The predicted molar refractivity (Wildman–Crippen MR) is 94.2 cm³/mol. The minimum atomic E-state index is -3.47. The summed E-state index contributed by atoms with van der Waals surface area (Å²) >= 11 is 0. The molecule has 0 amide bonds. The molecule has 0 unspecified atom stereocenters. The van der Waals surface area contributed by atoms with E-state index in [0.717, 1.165) is 18.1 Å². The molecular weight excluding hydrogens is 336 g/mol. The molecule has 0 saturated carbocycles. The summed E-state index contributed by atoms with van der Waals surface area (Å²) in [5.41, 5.74) is 3.02. The number of fused-ring (bicyclic) bond motifs is 1. The molecule has 0 fully saturated rings. The van der Waals surface area contributed by atoms with Gasteiger partial charge in [0.2, 0.25) is 15.0 Å². The van der Waals surface area contributed by atoms with E-state index in [2.05, 4.69) is 45.4 Å². The Kier molecular flexibility index (Phi) is 2.82. The maximum Gasteiger partial charge on any atom is 0.248 e. The van der Waals surface area contributed by atoms with E-state index in [0.29, 0.717) is 5.65 Å². The van der Waals surface area contributed by atoms with Crippen LogP contribution in [0.5, 0.6) is 0 Å².